The van der Waals surface area contributed by atoms with Crippen molar-refractivity contribution >= 4 is 11.9 Å². The number of aryl methyl sites for hydroxylation is 2. The zero-order valence-electron chi connectivity index (χ0n) is 12.7. The molecule has 0 radical (unpaired) electrons. The third-order valence-electron chi connectivity index (χ3n) is 3.76. The van der Waals surface area contributed by atoms with Gasteiger partial charge in [0.1, 0.15) is 5.75 Å². The molecule has 0 saturated carbocycles. The van der Waals surface area contributed by atoms with Crippen molar-refractivity contribution in [1.29, 1.82) is 0 Å². The Morgan fingerprint density at radius 1 is 1.33 bits per heavy atom. The molecule has 21 heavy (non-hydrogen) atoms. The molecule has 5 nitrogen and oxygen atoms in total. The van der Waals surface area contributed by atoms with Gasteiger partial charge in [-0.1, -0.05) is 6.92 Å². The number of hydrogen-bond acceptors (Lipinski definition) is 3. The van der Waals surface area contributed by atoms with E-state index in [-0.39, 0.29) is 12.5 Å². The van der Waals surface area contributed by atoms with E-state index < -0.39 is 5.97 Å². The fourth-order valence-electron chi connectivity index (χ4n) is 2.74. The Morgan fingerprint density at radius 3 is 2.43 bits per heavy atom. The van der Waals surface area contributed by atoms with E-state index in [4.69, 9.17) is 9.84 Å². The van der Waals surface area contributed by atoms with Crippen LogP contribution in [0, 0.1) is 19.8 Å². The number of nitrogens with zero attached hydrogens (tertiary/aromatic N) is 1. The van der Waals surface area contributed by atoms with Gasteiger partial charge in [-0.15, -0.1) is 0 Å². The largest absolute Gasteiger partial charge is 0.481 e. The predicted molar refractivity (Wildman–Crippen MR) is 78.7 cm³/mol. The molecule has 1 unspecified atom stereocenters. The van der Waals surface area contributed by atoms with E-state index >= 15 is 0 Å². The molecule has 1 aliphatic heterocycles. The first-order chi connectivity index (χ1) is 9.88. The first kappa shape index (κ1) is 15.4. The zero-order valence-corrected chi connectivity index (χ0v) is 12.7. The van der Waals surface area contributed by atoms with Crippen LogP contribution in [0.1, 0.15) is 34.8 Å². The molecule has 1 heterocycles. The lowest BCUT2D eigenvalue weighted by molar-refractivity contribution is -0.139. The van der Waals surface area contributed by atoms with E-state index in [1.54, 1.807) is 12.1 Å². The number of carbonyl (C=O) groups excluding carboxylic acids is 1. The third kappa shape index (κ3) is 3.54. The van der Waals surface area contributed by atoms with Crippen LogP contribution < -0.4 is 4.74 Å². The minimum atomic E-state index is -1.01. The quantitative estimate of drug-likeness (QED) is 0.924. The van der Waals surface area contributed by atoms with Crippen LogP contribution in [0.15, 0.2) is 12.1 Å². The standard InChI is InChI=1S/C16H21NO4/c1-10-4-5-17(8-10)16(20)13-6-11(2)15(12(3)7-13)21-9-14(18)19/h6-7,10H,4-5,8-9H2,1-3H3,(H,18,19). The molecule has 1 atom stereocenters. The number of hydrogen-bond donors (Lipinski definition) is 1. The second-order valence-electron chi connectivity index (χ2n) is 5.77. The SMILES string of the molecule is Cc1cc(C(=O)N2CCC(C)C2)cc(C)c1OCC(=O)O. The van der Waals surface area contributed by atoms with Crippen LogP contribution in [-0.2, 0) is 4.79 Å². The van der Waals surface area contributed by atoms with Crippen LogP contribution in [0.2, 0.25) is 0 Å². The van der Waals surface area contributed by atoms with Gasteiger partial charge in [0, 0.05) is 18.7 Å². The van der Waals surface area contributed by atoms with Crippen molar-refractivity contribution in [3.8, 4) is 5.75 Å². The number of carbonyl (C=O) groups is 2. The number of carboxylic acid groups (broad SMARTS) is 1. The molecule has 0 aliphatic carbocycles. The van der Waals surface area contributed by atoms with Crippen LogP contribution in [-0.4, -0.2) is 41.6 Å². The normalized spacial score (nSPS) is 17.9. The predicted octanol–water partition coefficient (Wildman–Crippen LogP) is 2.25. The van der Waals surface area contributed by atoms with Crippen molar-refractivity contribution in [2.24, 2.45) is 5.92 Å². The van der Waals surface area contributed by atoms with Gasteiger partial charge < -0.3 is 14.7 Å². The Labute approximate surface area is 124 Å². The van der Waals surface area contributed by atoms with Crippen molar-refractivity contribution in [1.82, 2.24) is 4.90 Å². The Balaban J connectivity index is 2.19. The molecular formula is C16H21NO4. The van der Waals surface area contributed by atoms with E-state index in [0.29, 0.717) is 17.2 Å². The van der Waals surface area contributed by atoms with Crippen LogP contribution in [0.25, 0.3) is 0 Å². The van der Waals surface area contributed by atoms with E-state index in [2.05, 4.69) is 6.92 Å². The molecule has 114 valence electrons. The Morgan fingerprint density at radius 2 is 1.95 bits per heavy atom. The topological polar surface area (TPSA) is 66.8 Å². The van der Waals surface area contributed by atoms with Crippen molar-refractivity contribution < 1.29 is 19.4 Å². The van der Waals surface area contributed by atoms with Gasteiger partial charge in [-0.2, -0.15) is 0 Å². The van der Waals surface area contributed by atoms with Crippen LogP contribution in [0.4, 0.5) is 0 Å². The number of benzene rings is 1. The average molecular weight is 291 g/mol. The van der Waals surface area contributed by atoms with Crippen LogP contribution in [0.5, 0.6) is 5.75 Å². The molecule has 1 aromatic rings. The lowest BCUT2D eigenvalue weighted by atomic mass is 10.0. The molecule has 1 fully saturated rings. The van der Waals surface area contributed by atoms with E-state index in [1.807, 2.05) is 18.7 Å². The highest BCUT2D eigenvalue weighted by atomic mass is 16.5. The maximum Gasteiger partial charge on any atom is 0.341 e. The summed E-state index contributed by atoms with van der Waals surface area (Å²) in [5.74, 6) is 0.119. The molecule has 1 aliphatic rings. The number of aliphatic carboxylic acids is 1. The number of rotatable bonds is 4. The molecule has 2 rings (SSSR count). The number of amides is 1. The highest BCUT2D eigenvalue weighted by molar-refractivity contribution is 5.95. The summed E-state index contributed by atoms with van der Waals surface area (Å²) in [6.45, 7) is 7.02. The summed E-state index contributed by atoms with van der Waals surface area (Å²) < 4.78 is 5.28. The lowest BCUT2D eigenvalue weighted by Crippen LogP contribution is -2.28. The van der Waals surface area contributed by atoms with Gasteiger partial charge >= 0.3 is 5.97 Å². The molecule has 1 N–H and O–H groups in total. The second kappa shape index (κ2) is 6.16. The summed E-state index contributed by atoms with van der Waals surface area (Å²) in [5.41, 5.74) is 2.21. The van der Waals surface area contributed by atoms with Gasteiger partial charge in [-0.3, -0.25) is 4.79 Å². The van der Waals surface area contributed by atoms with Crippen molar-refractivity contribution in [3.63, 3.8) is 0 Å². The fraction of sp³-hybridized carbons (Fsp3) is 0.500. The van der Waals surface area contributed by atoms with Crippen molar-refractivity contribution in [2.45, 2.75) is 27.2 Å². The minimum Gasteiger partial charge on any atom is -0.481 e. The first-order valence-corrected chi connectivity index (χ1v) is 7.13. The van der Waals surface area contributed by atoms with Gasteiger partial charge in [-0.25, -0.2) is 4.79 Å². The van der Waals surface area contributed by atoms with Crippen molar-refractivity contribution in [3.05, 3.63) is 28.8 Å². The van der Waals surface area contributed by atoms with Gasteiger partial charge in [-0.05, 0) is 49.4 Å². The Kier molecular flexibility index (Phi) is 4.50. The highest BCUT2D eigenvalue weighted by Gasteiger charge is 2.25. The molecule has 1 aromatic carbocycles. The lowest BCUT2D eigenvalue weighted by Gasteiger charge is -2.18. The number of likely N-dealkylation sites (tertiary alicyclic amines) is 1. The van der Waals surface area contributed by atoms with Gasteiger partial charge in [0.15, 0.2) is 6.61 Å². The molecule has 0 bridgehead atoms. The first-order valence-electron chi connectivity index (χ1n) is 7.13. The minimum absolute atomic E-state index is 0.0373. The maximum absolute atomic E-state index is 12.5. The van der Waals surface area contributed by atoms with E-state index in [0.717, 1.165) is 30.6 Å². The number of ether oxygens (including phenoxy) is 1. The Bertz CT molecular complexity index is 544. The van der Waals surface area contributed by atoms with Gasteiger partial charge in [0.25, 0.3) is 5.91 Å². The monoisotopic (exact) mass is 291 g/mol. The summed E-state index contributed by atoms with van der Waals surface area (Å²) in [4.78, 5) is 24.9. The maximum atomic E-state index is 12.5. The molecule has 1 saturated heterocycles. The molecule has 0 spiro atoms. The summed E-state index contributed by atoms with van der Waals surface area (Å²) in [6.07, 6.45) is 1.05. The zero-order chi connectivity index (χ0) is 15.6. The van der Waals surface area contributed by atoms with Crippen LogP contribution in [0.3, 0.4) is 0 Å². The summed E-state index contributed by atoms with van der Waals surface area (Å²) in [6, 6.07) is 3.55. The molecule has 5 heteroatoms. The summed E-state index contributed by atoms with van der Waals surface area (Å²) >= 11 is 0. The molecular weight excluding hydrogens is 270 g/mol. The summed E-state index contributed by atoms with van der Waals surface area (Å²) in [5, 5.41) is 8.68. The second-order valence-corrected chi connectivity index (χ2v) is 5.77. The van der Waals surface area contributed by atoms with Gasteiger partial charge in [0.05, 0.1) is 0 Å². The van der Waals surface area contributed by atoms with E-state index in [1.165, 1.54) is 0 Å². The van der Waals surface area contributed by atoms with E-state index in [9.17, 15) is 9.59 Å². The fourth-order valence-corrected chi connectivity index (χ4v) is 2.74. The van der Waals surface area contributed by atoms with Gasteiger partial charge in [0.2, 0.25) is 0 Å². The summed E-state index contributed by atoms with van der Waals surface area (Å²) in [7, 11) is 0. The Hall–Kier alpha value is -2.04. The smallest absolute Gasteiger partial charge is 0.341 e. The average Bonchev–Trinajstić information content (AvgIpc) is 2.83. The van der Waals surface area contributed by atoms with Crippen LogP contribution >= 0.6 is 0 Å². The highest BCUT2D eigenvalue weighted by Crippen LogP contribution is 2.26. The molecule has 1 amide bonds. The van der Waals surface area contributed by atoms with Crippen molar-refractivity contribution in [2.75, 3.05) is 19.7 Å². The molecule has 0 aromatic heterocycles. The third-order valence-corrected chi connectivity index (χ3v) is 3.76. The number of carboxylic acids is 1.